The zero-order valence-corrected chi connectivity index (χ0v) is 10.7. The lowest BCUT2D eigenvalue weighted by Gasteiger charge is -2.27. The molecule has 20 heavy (non-hydrogen) atoms. The fourth-order valence-electron chi connectivity index (χ4n) is 2.15. The maximum Gasteiger partial charge on any atom is 0.273 e. The van der Waals surface area contributed by atoms with E-state index in [2.05, 4.69) is 15.4 Å². The molecule has 1 aromatic carbocycles. The average molecular weight is 277 g/mol. The Balaban J connectivity index is 1.89. The van der Waals surface area contributed by atoms with Crippen molar-refractivity contribution in [1.29, 1.82) is 0 Å². The van der Waals surface area contributed by atoms with E-state index in [-0.39, 0.29) is 11.7 Å². The molecule has 1 heterocycles. The minimum atomic E-state index is -0.796. The van der Waals surface area contributed by atoms with Crippen molar-refractivity contribution in [3.63, 3.8) is 0 Å². The van der Waals surface area contributed by atoms with Crippen LogP contribution in [0, 0.1) is 17.0 Å². The third kappa shape index (κ3) is 2.13. The van der Waals surface area contributed by atoms with E-state index in [0.29, 0.717) is 29.8 Å². The summed E-state index contributed by atoms with van der Waals surface area (Å²) >= 11 is 0. The number of aryl methyl sites for hydroxylation is 1. The molecule has 0 spiro atoms. The molecule has 0 saturated heterocycles. The van der Waals surface area contributed by atoms with Gasteiger partial charge in [-0.15, -0.1) is 10.2 Å². The molecule has 0 radical (unpaired) electrons. The number of hydrogen-bond donors (Lipinski definition) is 0. The summed E-state index contributed by atoms with van der Waals surface area (Å²) in [7, 11) is 0. The Morgan fingerprint density at radius 3 is 2.85 bits per heavy atom. The van der Waals surface area contributed by atoms with Gasteiger partial charge in [0.15, 0.2) is 0 Å². The highest BCUT2D eigenvalue weighted by atomic mass is 19.1. The molecule has 2 aromatic rings. The predicted molar refractivity (Wildman–Crippen MR) is 67.8 cm³/mol. The van der Waals surface area contributed by atoms with Crippen LogP contribution in [-0.4, -0.2) is 31.3 Å². The second-order valence-corrected chi connectivity index (χ2v) is 4.91. The van der Waals surface area contributed by atoms with Crippen molar-refractivity contribution in [2.45, 2.75) is 32.0 Å². The van der Waals surface area contributed by atoms with Gasteiger partial charge in [-0.25, -0.2) is 4.39 Å². The third-order valence-electron chi connectivity index (χ3n) is 3.47. The largest absolute Gasteiger partial charge is 0.273 e. The molecule has 7 nitrogen and oxygen atoms in total. The first-order valence-corrected chi connectivity index (χ1v) is 6.23. The summed E-state index contributed by atoms with van der Waals surface area (Å²) < 4.78 is 12.8. The van der Waals surface area contributed by atoms with Crippen molar-refractivity contribution in [2.24, 2.45) is 0 Å². The fraction of sp³-hybridized carbons (Fsp3) is 0.417. The fourth-order valence-corrected chi connectivity index (χ4v) is 2.15. The third-order valence-corrected chi connectivity index (χ3v) is 3.47. The number of nitro groups is 1. The SMILES string of the molecule is Cc1ccc(-c2nnn(C3CC(F)C3)n2)cc1[N+](=O)[O-]. The summed E-state index contributed by atoms with van der Waals surface area (Å²) in [6.45, 7) is 1.67. The van der Waals surface area contributed by atoms with Gasteiger partial charge < -0.3 is 0 Å². The quantitative estimate of drug-likeness (QED) is 0.634. The monoisotopic (exact) mass is 277 g/mol. The van der Waals surface area contributed by atoms with Crippen LogP contribution in [-0.2, 0) is 0 Å². The summed E-state index contributed by atoms with van der Waals surface area (Å²) in [5.41, 5.74) is 1.13. The van der Waals surface area contributed by atoms with Crippen LogP contribution in [0.5, 0.6) is 0 Å². The van der Waals surface area contributed by atoms with Gasteiger partial charge in [0, 0.05) is 30.0 Å². The van der Waals surface area contributed by atoms with Crippen LogP contribution in [0.3, 0.4) is 0 Å². The lowest BCUT2D eigenvalue weighted by atomic mass is 9.91. The molecule has 1 saturated carbocycles. The van der Waals surface area contributed by atoms with Crippen LogP contribution in [0.4, 0.5) is 10.1 Å². The number of halogens is 1. The van der Waals surface area contributed by atoms with E-state index in [4.69, 9.17) is 0 Å². The van der Waals surface area contributed by atoms with Crippen molar-refractivity contribution in [3.8, 4) is 11.4 Å². The van der Waals surface area contributed by atoms with Gasteiger partial charge in [-0.2, -0.15) is 4.80 Å². The lowest BCUT2D eigenvalue weighted by molar-refractivity contribution is -0.385. The maximum atomic E-state index is 12.8. The first-order chi connectivity index (χ1) is 9.54. The number of aromatic nitrogens is 4. The van der Waals surface area contributed by atoms with Crippen molar-refractivity contribution in [3.05, 3.63) is 33.9 Å². The van der Waals surface area contributed by atoms with E-state index in [1.165, 1.54) is 10.9 Å². The molecule has 0 bridgehead atoms. The highest BCUT2D eigenvalue weighted by molar-refractivity contribution is 5.60. The van der Waals surface area contributed by atoms with E-state index >= 15 is 0 Å². The smallest absolute Gasteiger partial charge is 0.258 e. The topological polar surface area (TPSA) is 86.7 Å². The first kappa shape index (κ1) is 12.6. The van der Waals surface area contributed by atoms with Gasteiger partial charge in [0.05, 0.1) is 11.0 Å². The molecular weight excluding hydrogens is 265 g/mol. The van der Waals surface area contributed by atoms with Gasteiger partial charge in [0.2, 0.25) is 5.82 Å². The molecule has 0 aliphatic heterocycles. The Morgan fingerprint density at radius 2 is 2.20 bits per heavy atom. The van der Waals surface area contributed by atoms with Gasteiger partial charge in [0.1, 0.15) is 6.17 Å². The van der Waals surface area contributed by atoms with Crippen molar-refractivity contribution < 1.29 is 9.31 Å². The molecule has 8 heteroatoms. The van der Waals surface area contributed by atoms with Crippen LogP contribution in [0.25, 0.3) is 11.4 Å². The van der Waals surface area contributed by atoms with Crippen LogP contribution in [0.2, 0.25) is 0 Å². The number of tetrazole rings is 1. The zero-order chi connectivity index (χ0) is 14.3. The summed E-state index contributed by atoms with van der Waals surface area (Å²) in [5, 5.41) is 22.9. The highest BCUT2D eigenvalue weighted by Crippen LogP contribution is 2.33. The lowest BCUT2D eigenvalue weighted by Crippen LogP contribution is -2.29. The van der Waals surface area contributed by atoms with Gasteiger partial charge in [-0.3, -0.25) is 10.1 Å². The normalized spacial score (nSPS) is 21.5. The molecule has 1 aromatic heterocycles. The van der Waals surface area contributed by atoms with E-state index in [1.807, 2.05) is 0 Å². The Morgan fingerprint density at radius 1 is 1.45 bits per heavy atom. The van der Waals surface area contributed by atoms with Gasteiger partial charge >= 0.3 is 0 Å². The van der Waals surface area contributed by atoms with Crippen LogP contribution in [0.1, 0.15) is 24.4 Å². The van der Waals surface area contributed by atoms with E-state index in [1.54, 1.807) is 19.1 Å². The summed E-state index contributed by atoms with van der Waals surface area (Å²) in [6, 6.07) is 4.72. The number of alkyl halides is 1. The second-order valence-electron chi connectivity index (χ2n) is 4.91. The number of benzene rings is 1. The molecule has 3 rings (SSSR count). The maximum absolute atomic E-state index is 12.8. The zero-order valence-electron chi connectivity index (χ0n) is 10.7. The van der Waals surface area contributed by atoms with Crippen LogP contribution < -0.4 is 0 Å². The van der Waals surface area contributed by atoms with Gasteiger partial charge in [0.25, 0.3) is 5.69 Å². The minimum Gasteiger partial charge on any atom is -0.258 e. The molecule has 104 valence electrons. The standard InChI is InChI=1S/C12H12FN5O2/c1-7-2-3-8(4-11(7)18(19)20)12-14-16-17(15-12)10-5-9(13)6-10/h2-4,9-10H,5-6H2,1H3. The second kappa shape index (κ2) is 4.62. The van der Waals surface area contributed by atoms with E-state index in [9.17, 15) is 14.5 Å². The number of hydrogen-bond acceptors (Lipinski definition) is 5. The van der Waals surface area contributed by atoms with E-state index < -0.39 is 11.1 Å². The molecule has 0 unspecified atom stereocenters. The van der Waals surface area contributed by atoms with Crippen LogP contribution in [0.15, 0.2) is 18.2 Å². The van der Waals surface area contributed by atoms with Crippen molar-refractivity contribution in [2.75, 3.05) is 0 Å². The number of nitrogens with zero attached hydrogens (tertiary/aromatic N) is 5. The molecule has 0 N–H and O–H groups in total. The van der Waals surface area contributed by atoms with Gasteiger partial charge in [-0.05, 0) is 12.1 Å². The summed E-state index contributed by atoms with van der Waals surface area (Å²) in [5.74, 6) is 0.315. The Labute approximate surface area is 113 Å². The highest BCUT2D eigenvalue weighted by Gasteiger charge is 2.32. The first-order valence-electron chi connectivity index (χ1n) is 6.23. The van der Waals surface area contributed by atoms with Crippen LogP contribution >= 0.6 is 0 Å². The molecule has 0 atom stereocenters. The van der Waals surface area contributed by atoms with Crippen molar-refractivity contribution in [1.82, 2.24) is 20.2 Å². The van der Waals surface area contributed by atoms with Crippen molar-refractivity contribution >= 4 is 5.69 Å². The Kier molecular flexibility index (Phi) is 2.92. The number of nitro benzene ring substituents is 1. The molecule has 1 aliphatic rings. The molecule has 1 aliphatic carbocycles. The van der Waals surface area contributed by atoms with Gasteiger partial charge in [-0.1, -0.05) is 12.1 Å². The minimum absolute atomic E-state index is 0.0197. The Hall–Kier alpha value is -2.38. The van der Waals surface area contributed by atoms with E-state index in [0.717, 1.165) is 0 Å². The average Bonchev–Trinajstić information content (AvgIpc) is 2.84. The molecule has 0 amide bonds. The Bertz CT molecular complexity index is 666. The summed E-state index contributed by atoms with van der Waals surface area (Å²) in [4.78, 5) is 11.9. The predicted octanol–water partition coefficient (Wildman–Crippen LogP) is 2.23. The summed E-state index contributed by atoms with van der Waals surface area (Å²) in [6.07, 6.45) is -0.0110. The molecule has 1 fully saturated rings. The number of rotatable bonds is 3. The molecular formula is C12H12FN5O2.